The lowest BCUT2D eigenvalue weighted by molar-refractivity contribution is 0.783. The molecule has 0 aliphatic carbocycles. The quantitative estimate of drug-likeness (QED) is 0.632. The molecule has 0 nitrogen and oxygen atoms in total. The van der Waals surface area contributed by atoms with Crippen LogP contribution in [0.25, 0.3) is 0 Å². The number of aryl methyl sites for hydroxylation is 1. The molecule has 0 radical (unpaired) electrons. The summed E-state index contributed by atoms with van der Waals surface area (Å²) in [5.74, 6) is 1.27. The van der Waals surface area contributed by atoms with Crippen molar-refractivity contribution in [2.24, 2.45) is 0 Å². The molecule has 0 unspecified atom stereocenters. The van der Waals surface area contributed by atoms with Crippen LogP contribution in [-0.4, -0.2) is 0 Å². The lowest BCUT2D eigenvalue weighted by Gasteiger charge is -2.18. The molecule has 0 fully saturated rings. The highest BCUT2D eigenvalue weighted by molar-refractivity contribution is 5.38. The molecule has 0 atom stereocenters. The van der Waals surface area contributed by atoms with Crippen LogP contribution >= 0.6 is 0 Å². The Hall–Kier alpha value is -0.780. The summed E-state index contributed by atoms with van der Waals surface area (Å²) in [6.45, 7) is 11.3. The predicted octanol–water partition coefficient (Wildman–Crippen LogP) is 4.24. The number of hydrogen-bond acceptors (Lipinski definition) is 0. The SMILES string of the molecule is Cc1cccc(C(C)C)c1C(C)C. The summed E-state index contributed by atoms with van der Waals surface area (Å²) in [5.41, 5.74) is 4.48. The van der Waals surface area contributed by atoms with Crippen LogP contribution in [0.1, 0.15) is 56.2 Å². The standard InChI is InChI=1S/C13H20/c1-9(2)12-8-6-7-11(5)13(12)10(3)4/h6-10H,1-5H3. The highest BCUT2D eigenvalue weighted by atomic mass is 14.2. The van der Waals surface area contributed by atoms with E-state index in [1.54, 1.807) is 0 Å². The zero-order valence-corrected chi connectivity index (χ0v) is 9.39. The zero-order chi connectivity index (χ0) is 10.0. The van der Waals surface area contributed by atoms with Crippen LogP contribution in [0.15, 0.2) is 18.2 Å². The van der Waals surface area contributed by atoms with E-state index in [0.717, 1.165) is 0 Å². The van der Waals surface area contributed by atoms with Gasteiger partial charge in [-0.15, -0.1) is 0 Å². The van der Waals surface area contributed by atoms with Crippen LogP contribution in [0.2, 0.25) is 0 Å². The van der Waals surface area contributed by atoms with Gasteiger partial charge in [0.1, 0.15) is 0 Å². The second-order valence-electron chi connectivity index (χ2n) is 4.39. The fourth-order valence-corrected chi connectivity index (χ4v) is 2.00. The molecular weight excluding hydrogens is 156 g/mol. The summed E-state index contributed by atoms with van der Waals surface area (Å²) in [7, 11) is 0. The normalized spacial score (nSPS) is 11.3. The second kappa shape index (κ2) is 3.95. The average molecular weight is 176 g/mol. The highest BCUT2D eigenvalue weighted by Crippen LogP contribution is 2.28. The first-order chi connectivity index (χ1) is 6.04. The Balaban J connectivity index is 3.26. The summed E-state index contributed by atoms with van der Waals surface area (Å²) >= 11 is 0. The van der Waals surface area contributed by atoms with Crippen molar-refractivity contribution in [3.05, 3.63) is 34.9 Å². The van der Waals surface area contributed by atoms with Crippen LogP contribution in [0.3, 0.4) is 0 Å². The highest BCUT2D eigenvalue weighted by Gasteiger charge is 2.11. The van der Waals surface area contributed by atoms with E-state index in [1.165, 1.54) is 16.7 Å². The summed E-state index contributed by atoms with van der Waals surface area (Å²) in [4.78, 5) is 0. The Morgan fingerprint density at radius 1 is 0.923 bits per heavy atom. The molecule has 0 saturated carbocycles. The van der Waals surface area contributed by atoms with E-state index in [4.69, 9.17) is 0 Å². The van der Waals surface area contributed by atoms with E-state index in [1.807, 2.05) is 0 Å². The molecule has 0 heterocycles. The van der Waals surface area contributed by atoms with Crippen LogP contribution in [0.4, 0.5) is 0 Å². The maximum absolute atomic E-state index is 2.27. The summed E-state index contributed by atoms with van der Waals surface area (Å²) in [5, 5.41) is 0. The summed E-state index contributed by atoms with van der Waals surface area (Å²) in [6, 6.07) is 6.63. The van der Waals surface area contributed by atoms with E-state index < -0.39 is 0 Å². The molecule has 0 heteroatoms. The lowest BCUT2D eigenvalue weighted by atomic mass is 9.87. The Labute approximate surface area is 82.0 Å². The molecule has 1 aromatic carbocycles. The predicted molar refractivity (Wildman–Crippen MR) is 59.4 cm³/mol. The summed E-state index contributed by atoms with van der Waals surface area (Å²) < 4.78 is 0. The third-order valence-corrected chi connectivity index (χ3v) is 2.56. The Morgan fingerprint density at radius 2 is 1.54 bits per heavy atom. The van der Waals surface area contributed by atoms with Crippen molar-refractivity contribution >= 4 is 0 Å². The molecule has 0 N–H and O–H groups in total. The van der Waals surface area contributed by atoms with E-state index in [-0.39, 0.29) is 0 Å². The molecule has 13 heavy (non-hydrogen) atoms. The van der Waals surface area contributed by atoms with Gasteiger partial charge in [0.2, 0.25) is 0 Å². The van der Waals surface area contributed by atoms with Gasteiger partial charge in [-0.3, -0.25) is 0 Å². The fraction of sp³-hybridized carbons (Fsp3) is 0.538. The van der Waals surface area contributed by atoms with Crippen LogP contribution in [0, 0.1) is 6.92 Å². The maximum Gasteiger partial charge on any atom is -0.0213 e. The first-order valence-corrected chi connectivity index (χ1v) is 5.13. The molecule has 0 bridgehead atoms. The first kappa shape index (κ1) is 10.3. The molecular formula is C13H20. The smallest absolute Gasteiger partial charge is 0.0213 e. The van der Waals surface area contributed by atoms with E-state index >= 15 is 0 Å². The van der Waals surface area contributed by atoms with Crippen molar-refractivity contribution < 1.29 is 0 Å². The number of benzene rings is 1. The van der Waals surface area contributed by atoms with Gasteiger partial charge < -0.3 is 0 Å². The van der Waals surface area contributed by atoms with Crippen molar-refractivity contribution in [3.8, 4) is 0 Å². The van der Waals surface area contributed by atoms with Crippen molar-refractivity contribution in [3.63, 3.8) is 0 Å². The number of rotatable bonds is 2. The van der Waals surface area contributed by atoms with E-state index in [9.17, 15) is 0 Å². The largest absolute Gasteiger partial charge is 0.0617 e. The zero-order valence-electron chi connectivity index (χ0n) is 9.39. The molecule has 0 aliphatic rings. The second-order valence-corrected chi connectivity index (χ2v) is 4.39. The Bertz CT molecular complexity index is 282. The molecule has 0 amide bonds. The van der Waals surface area contributed by atoms with Crippen molar-refractivity contribution in [1.82, 2.24) is 0 Å². The van der Waals surface area contributed by atoms with Gasteiger partial charge in [0.15, 0.2) is 0 Å². The molecule has 0 aromatic heterocycles. The molecule has 72 valence electrons. The van der Waals surface area contributed by atoms with Gasteiger partial charge >= 0.3 is 0 Å². The monoisotopic (exact) mass is 176 g/mol. The van der Waals surface area contributed by atoms with E-state index in [0.29, 0.717) is 11.8 Å². The minimum absolute atomic E-state index is 0.636. The average Bonchev–Trinajstić information content (AvgIpc) is 2.02. The molecule has 1 aromatic rings. The van der Waals surface area contributed by atoms with Crippen LogP contribution < -0.4 is 0 Å². The Kier molecular flexibility index (Phi) is 3.13. The maximum atomic E-state index is 2.27. The summed E-state index contributed by atoms with van der Waals surface area (Å²) in [6.07, 6.45) is 0. The Morgan fingerprint density at radius 3 is 1.92 bits per heavy atom. The van der Waals surface area contributed by atoms with Gasteiger partial charge in [0, 0.05) is 0 Å². The molecule has 0 spiro atoms. The van der Waals surface area contributed by atoms with Crippen molar-refractivity contribution in [1.29, 1.82) is 0 Å². The van der Waals surface area contributed by atoms with Gasteiger partial charge in [-0.25, -0.2) is 0 Å². The third-order valence-electron chi connectivity index (χ3n) is 2.56. The lowest BCUT2D eigenvalue weighted by Crippen LogP contribution is -2.00. The van der Waals surface area contributed by atoms with Gasteiger partial charge in [-0.1, -0.05) is 45.9 Å². The topological polar surface area (TPSA) is 0 Å². The fourth-order valence-electron chi connectivity index (χ4n) is 2.00. The number of hydrogen-bond donors (Lipinski definition) is 0. The first-order valence-electron chi connectivity index (χ1n) is 5.13. The van der Waals surface area contributed by atoms with Crippen LogP contribution in [0.5, 0.6) is 0 Å². The molecule has 0 aliphatic heterocycles. The van der Waals surface area contributed by atoms with Gasteiger partial charge in [0.05, 0.1) is 0 Å². The molecule has 0 saturated heterocycles. The minimum Gasteiger partial charge on any atom is -0.0617 e. The van der Waals surface area contributed by atoms with Crippen molar-refractivity contribution in [2.45, 2.75) is 46.5 Å². The van der Waals surface area contributed by atoms with E-state index in [2.05, 4.69) is 52.8 Å². The third kappa shape index (κ3) is 2.12. The van der Waals surface area contributed by atoms with Gasteiger partial charge in [0.25, 0.3) is 0 Å². The van der Waals surface area contributed by atoms with Crippen LogP contribution in [-0.2, 0) is 0 Å². The van der Waals surface area contributed by atoms with Gasteiger partial charge in [-0.05, 0) is 35.4 Å². The molecule has 1 rings (SSSR count). The minimum atomic E-state index is 0.636. The van der Waals surface area contributed by atoms with Gasteiger partial charge in [-0.2, -0.15) is 0 Å². The van der Waals surface area contributed by atoms with Crippen molar-refractivity contribution in [2.75, 3.05) is 0 Å².